The van der Waals surface area contributed by atoms with Crippen LogP contribution in [0.15, 0.2) is 22.8 Å². The third-order valence-electron chi connectivity index (χ3n) is 2.67. The Hall–Kier alpha value is -1.87. The predicted molar refractivity (Wildman–Crippen MR) is 81.1 cm³/mol. The van der Waals surface area contributed by atoms with E-state index < -0.39 is 23.1 Å². The summed E-state index contributed by atoms with van der Waals surface area (Å²) in [7, 11) is 1.53. The summed E-state index contributed by atoms with van der Waals surface area (Å²) in [6.07, 6.45) is 1.35. The van der Waals surface area contributed by atoms with Crippen LogP contribution in [0.3, 0.4) is 0 Å². The lowest BCUT2D eigenvalue weighted by Crippen LogP contribution is -2.20. The Morgan fingerprint density at radius 3 is 2.52 bits per heavy atom. The molecule has 0 aliphatic carbocycles. The number of anilines is 1. The Kier molecular flexibility index (Phi) is 4.33. The van der Waals surface area contributed by atoms with Gasteiger partial charge in [-0.25, -0.2) is 8.78 Å². The number of halogens is 3. The fraction of sp³-hybridized carbons (Fsp3) is 0.0833. The van der Waals surface area contributed by atoms with E-state index in [1.165, 1.54) is 17.9 Å². The van der Waals surface area contributed by atoms with Gasteiger partial charge >= 0.3 is 0 Å². The molecule has 0 unspecified atom stereocenters. The minimum Gasteiger partial charge on any atom is -0.389 e. The second-order valence-electron chi connectivity index (χ2n) is 4.09. The SMILES string of the molecule is Cn1ncc(C(N)=S)c1NC(=O)c1c(F)cc(Br)cc1F. The fourth-order valence-electron chi connectivity index (χ4n) is 1.70. The first-order valence-electron chi connectivity index (χ1n) is 5.59. The predicted octanol–water partition coefficient (Wildman–Crippen LogP) is 2.35. The topological polar surface area (TPSA) is 72.9 Å². The van der Waals surface area contributed by atoms with Gasteiger partial charge in [0.2, 0.25) is 0 Å². The maximum absolute atomic E-state index is 13.7. The van der Waals surface area contributed by atoms with Crippen molar-refractivity contribution in [2.45, 2.75) is 0 Å². The Labute approximate surface area is 132 Å². The number of carbonyl (C=O) groups is 1. The summed E-state index contributed by atoms with van der Waals surface area (Å²) in [6, 6.07) is 1.99. The number of benzene rings is 1. The molecule has 5 nitrogen and oxygen atoms in total. The first kappa shape index (κ1) is 15.5. The Bertz CT molecular complexity index is 724. The molecule has 0 saturated heterocycles. The Balaban J connectivity index is 2.40. The van der Waals surface area contributed by atoms with E-state index in [4.69, 9.17) is 18.0 Å². The molecular weight excluding hydrogens is 366 g/mol. The lowest BCUT2D eigenvalue weighted by atomic mass is 10.2. The van der Waals surface area contributed by atoms with E-state index in [2.05, 4.69) is 26.3 Å². The largest absolute Gasteiger partial charge is 0.389 e. The average molecular weight is 375 g/mol. The van der Waals surface area contributed by atoms with Gasteiger partial charge in [0, 0.05) is 11.5 Å². The highest BCUT2D eigenvalue weighted by Crippen LogP contribution is 2.21. The normalized spacial score (nSPS) is 10.5. The quantitative estimate of drug-likeness (QED) is 0.808. The number of thiocarbonyl (C=S) groups is 1. The second-order valence-corrected chi connectivity index (χ2v) is 5.45. The van der Waals surface area contributed by atoms with E-state index in [0.717, 1.165) is 12.1 Å². The zero-order chi connectivity index (χ0) is 15.7. The van der Waals surface area contributed by atoms with Crippen molar-refractivity contribution >= 4 is 44.9 Å². The molecule has 110 valence electrons. The summed E-state index contributed by atoms with van der Waals surface area (Å²) < 4.78 is 29.0. The van der Waals surface area contributed by atoms with Crippen molar-refractivity contribution in [3.63, 3.8) is 0 Å². The molecule has 1 aromatic carbocycles. The number of aryl methyl sites for hydroxylation is 1. The van der Waals surface area contributed by atoms with Crippen LogP contribution in [0.1, 0.15) is 15.9 Å². The van der Waals surface area contributed by atoms with Crippen molar-refractivity contribution in [1.82, 2.24) is 9.78 Å². The summed E-state index contributed by atoms with van der Waals surface area (Å²) in [5.74, 6) is -2.77. The molecule has 0 aliphatic rings. The van der Waals surface area contributed by atoms with Gasteiger partial charge in [0.15, 0.2) is 0 Å². The van der Waals surface area contributed by atoms with Crippen molar-refractivity contribution in [2.24, 2.45) is 12.8 Å². The molecule has 2 aromatic rings. The molecule has 0 fully saturated rings. The van der Waals surface area contributed by atoms with E-state index in [9.17, 15) is 13.6 Å². The molecule has 0 atom stereocenters. The maximum Gasteiger partial charge on any atom is 0.262 e. The number of hydrogen-bond donors (Lipinski definition) is 2. The summed E-state index contributed by atoms with van der Waals surface area (Å²) in [5.41, 5.74) is 5.10. The van der Waals surface area contributed by atoms with Crippen LogP contribution < -0.4 is 11.1 Å². The highest BCUT2D eigenvalue weighted by Gasteiger charge is 2.21. The number of hydrogen-bond acceptors (Lipinski definition) is 3. The van der Waals surface area contributed by atoms with Gasteiger partial charge in [-0.2, -0.15) is 5.10 Å². The summed E-state index contributed by atoms with van der Waals surface area (Å²) >= 11 is 7.76. The lowest BCUT2D eigenvalue weighted by molar-refractivity contribution is 0.101. The van der Waals surface area contributed by atoms with E-state index in [1.54, 1.807) is 0 Å². The van der Waals surface area contributed by atoms with Gasteiger partial charge in [-0.3, -0.25) is 9.48 Å². The molecule has 0 radical (unpaired) electrons. The molecule has 9 heteroatoms. The van der Waals surface area contributed by atoms with Crippen molar-refractivity contribution < 1.29 is 13.6 Å². The number of carbonyl (C=O) groups excluding carboxylic acids is 1. The van der Waals surface area contributed by atoms with Crippen LogP contribution in [0, 0.1) is 11.6 Å². The third kappa shape index (κ3) is 3.08. The first-order chi connectivity index (χ1) is 9.81. The zero-order valence-corrected chi connectivity index (χ0v) is 13.1. The van der Waals surface area contributed by atoms with Gasteiger partial charge in [0.1, 0.15) is 28.0 Å². The molecule has 0 saturated carbocycles. The molecule has 0 aliphatic heterocycles. The van der Waals surface area contributed by atoms with Crippen molar-refractivity contribution in [3.05, 3.63) is 45.6 Å². The number of amides is 1. The summed E-state index contributed by atoms with van der Waals surface area (Å²) in [5, 5.41) is 6.24. The minimum absolute atomic E-state index is 0.00940. The van der Waals surface area contributed by atoms with Crippen LogP contribution in [0.4, 0.5) is 14.6 Å². The maximum atomic E-state index is 13.7. The van der Waals surface area contributed by atoms with Crippen LogP contribution >= 0.6 is 28.1 Å². The van der Waals surface area contributed by atoms with Crippen molar-refractivity contribution in [3.8, 4) is 0 Å². The molecule has 1 amide bonds. The summed E-state index contributed by atoms with van der Waals surface area (Å²) in [4.78, 5) is 12.1. The van der Waals surface area contributed by atoms with Gasteiger partial charge in [0.25, 0.3) is 5.91 Å². The second kappa shape index (κ2) is 5.86. The van der Waals surface area contributed by atoms with E-state index in [1.807, 2.05) is 0 Å². The molecule has 2 rings (SSSR count). The molecule has 3 N–H and O–H groups in total. The Morgan fingerprint density at radius 1 is 1.43 bits per heavy atom. The van der Waals surface area contributed by atoms with Gasteiger partial charge in [-0.1, -0.05) is 28.1 Å². The van der Waals surface area contributed by atoms with Gasteiger partial charge in [-0.05, 0) is 12.1 Å². The van der Waals surface area contributed by atoms with Gasteiger partial charge in [0.05, 0.1) is 11.8 Å². The van der Waals surface area contributed by atoms with E-state index >= 15 is 0 Å². The Morgan fingerprint density at radius 2 is 2.00 bits per heavy atom. The first-order valence-corrected chi connectivity index (χ1v) is 6.79. The number of nitrogens with two attached hydrogens (primary N) is 1. The lowest BCUT2D eigenvalue weighted by Gasteiger charge is -2.09. The number of nitrogens with zero attached hydrogens (tertiary/aromatic N) is 2. The van der Waals surface area contributed by atoms with Crippen LogP contribution in [0.2, 0.25) is 0 Å². The summed E-state index contributed by atoms with van der Waals surface area (Å²) in [6.45, 7) is 0. The average Bonchev–Trinajstić information content (AvgIpc) is 2.69. The third-order valence-corrected chi connectivity index (χ3v) is 3.35. The van der Waals surface area contributed by atoms with Gasteiger partial charge < -0.3 is 11.1 Å². The number of aromatic nitrogens is 2. The van der Waals surface area contributed by atoms with Crippen molar-refractivity contribution in [2.75, 3.05) is 5.32 Å². The molecule has 0 bridgehead atoms. The molecule has 1 heterocycles. The molecular formula is C12H9BrF2N4OS. The highest BCUT2D eigenvalue weighted by atomic mass is 79.9. The fourth-order valence-corrected chi connectivity index (χ4v) is 2.25. The number of rotatable bonds is 3. The van der Waals surface area contributed by atoms with Crippen LogP contribution in [0.25, 0.3) is 0 Å². The van der Waals surface area contributed by atoms with E-state index in [-0.39, 0.29) is 15.3 Å². The zero-order valence-electron chi connectivity index (χ0n) is 10.7. The molecule has 1 aromatic heterocycles. The highest BCUT2D eigenvalue weighted by molar-refractivity contribution is 9.10. The minimum atomic E-state index is -0.988. The van der Waals surface area contributed by atoms with Crippen molar-refractivity contribution in [1.29, 1.82) is 0 Å². The molecule has 21 heavy (non-hydrogen) atoms. The smallest absolute Gasteiger partial charge is 0.262 e. The van der Waals surface area contributed by atoms with E-state index in [0.29, 0.717) is 5.56 Å². The number of nitrogens with one attached hydrogen (secondary N) is 1. The standard InChI is InChI=1S/C12H9BrF2N4OS/c1-19-11(6(4-17-19)10(16)21)18-12(20)9-7(14)2-5(13)3-8(9)15/h2-4H,1H3,(H2,16,21)(H,18,20). The monoisotopic (exact) mass is 374 g/mol. The van der Waals surface area contributed by atoms with Crippen LogP contribution in [-0.4, -0.2) is 20.7 Å². The molecule has 0 spiro atoms. The van der Waals surface area contributed by atoms with Crippen LogP contribution in [-0.2, 0) is 7.05 Å². The van der Waals surface area contributed by atoms with Gasteiger partial charge in [-0.15, -0.1) is 0 Å². The van der Waals surface area contributed by atoms with Crippen LogP contribution in [0.5, 0.6) is 0 Å².